The highest BCUT2D eigenvalue weighted by atomic mass is 14.7. The van der Waals surface area contributed by atoms with Crippen molar-refractivity contribution in [3.05, 3.63) is 0 Å². The third-order valence-corrected chi connectivity index (χ3v) is 4.55. The second-order valence-corrected chi connectivity index (χ2v) is 4.97. The predicted molar refractivity (Wildman–Crippen MR) is 47.0 cm³/mol. The molecular weight excluding hydrogens is 134 g/mol. The molecule has 0 aliphatic heterocycles. The first-order valence-corrected chi connectivity index (χ1v) is 4.56. The van der Waals surface area contributed by atoms with Crippen molar-refractivity contribution >= 4 is 5.71 Å². The lowest BCUT2D eigenvalue weighted by Gasteiger charge is -2.34. The molecule has 2 fully saturated rings. The second kappa shape index (κ2) is 1.70. The van der Waals surface area contributed by atoms with Crippen LogP contribution in [0.2, 0.25) is 0 Å². The number of hydrogen-bond donors (Lipinski definition) is 1. The predicted octanol–water partition coefficient (Wildman–Crippen LogP) is 2.85. The Morgan fingerprint density at radius 1 is 1.36 bits per heavy atom. The van der Waals surface area contributed by atoms with Gasteiger partial charge in [-0.15, -0.1) is 0 Å². The molecule has 1 heteroatoms. The van der Waals surface area contributed by atoms with Crippen molar-refractivity contribution in [2.75, 3.05) is 0 Å². The van der Waals surface area contributed by atoms with Crippen molar-refractivity contribution in [2.45, 2.75) is 40.0 Å². The van der Waals surface area contributed by atoms with Crippen LogP contribution in [-0.4, -0.2) is 5.71 Å². The van der Waals surface area contributed by atoms with Crippen LogP contribution < -0.4 is 0 Å². The molecule has 11 heavy (non-hydrogen) atoms. The van der Waals surface area contributed by atoms with E-state index in [0.29, 0.717) is 5.41 Å². The van der Waals surface area contributed by atoms with Crippen LogP contribution in [-0.2, 0) is 0 Å². The molecule has 2 bridgehead atoms. The topological polar surface area (TPSA) is 23.9 Å². The van der Waals surface area contributed by atoms with E-state index in [1.807, 2.05) is 0 Å². The minimum atomic E-state index is 0.248. The molecular formula is C10H17N. The average Bonchev–Trinajstić information content (AvgIpc) is 2.20. The van der Waals surface area contributed by atoms with Crippen LogP contribution in [0, 0.1) is 22.2 Å². The van der Waals surface area contributed by atoms with Crippen molar-refractivity contribution in [1.29, 1.82) is 5.41 Å². The molecule has 0 saturated heterocycles. The molecule has 2 aliphatic rings. The van der Waals surface area contributed by atoms with Gasteiger partial charge in [-0.1, -0.05) is 20.8 Å². The summed E-state index contributed by atoms with van der Waals surface area (Å²) in [6.07, 6.45) is 3.68. The Morgan fingerprint density at radius 3 is 2.18 bits per heavy atom. The number of nitrogens with one attached hydrogen (secondary N) is 1. The summed E-state index contributed by atoms with van der Waals surface area (Å²) in [6.45, 7) is 6.96. The molecule has 1 N–H and O–H groups in total. The maximum atomic E-state index is 7.89. The summed E-state index contributed by atoms with van der Waals surface area (Å²) in [6, 6.07) is 0. The van der Waals surface area contributed by atoms with Gasteiger partial charge in [-0.3, -0.25) is 0 Å². The van der Waals surface area contributed by atoms with Crippen molar-refractivity contribution in [3.8, 4) is 0 Å². The van der Waals surface area contributed by atoms with Crippen molar-refractivity contribution in [1.82, 2.24) is 0 Å². The Balaban J connectivity index is 2.47. The van der Waals surface area contributed by atoms with Gasteiger partial charge in [0.1, 0.15) is 0 Å². The first kappa shape index (κ1) is 7.33. The van der Waals surface area contributed by atoms with E-state index in [2.05, 4.69) is 20.8 Å². The van der Waals surface area contributed by atoms with E-state index in [4.69, 9.17) is 5.41 Å². The minimum absolute atomic E-state index is 0.248. The largest absolute Gasteiger partial charge is 0.309 e. The summed E-state index contributed by atoms with van der Waals surface area (Å²) in [5.74, 6) is 0.806. The van der Waals surface area contributed by atoms with E-state index in [-0.39, 0.29) is 5.41 Å². The van der Waals surface area contributed by atoms with Gasteiger partial charge < -0.3 is 5.41 Å². The molecule has 1 nitrogen and oxygen atoms in total. The van der Waals surface area contributed by atoms with Crippen molar-refractivity contribution < 1.29 is 0 Å². The van der Waals surface area contributed by atoms with Gasteiger partial charge in [0.05, 0.1) is 0 Å². The van der Waals surface area contributed by atoms with Crippen LogP contribution in [0.5, 0.6) is 0 Å². The zero-order valence-corrected chi connectivity index (χ0v) is 7.70. The number of hydrogen-bond acceptors (Lipinski definition) is 1. The van der Waals surface area contributed by atoms with Gasteiger partial charge in [0.25, 0.3) is 0 Å². The van der Waals surface area contributed by atoms with Crippen LogP contribution in [0.25, 0.3) is 0 Å². The number of rotatable bonds is 0. The van der Waals surface area contributed by atoms with E-state index in [1.165, 1.54) is 12.8 Å². The van der Waals surface area contributed by atoms with Crippen LogP contribution >= 0.6 is 0 Å². The highest BCUT2D eigenvalue weighted by molar-refractivity contribution is 5.91. The molecule has 0 amide bonds. The summed E-state index contributed by atoms with van der Waals surface area (Å²) < 4.78 is 0. The highest BCUT2D eigenvalue weighted by Gasteiger charge is 2.59. The molecule has 0 unspecified atom stereocenters. The molecule has 0 aromatic heterocycles. The third kappa shape index (κ3) is 0.605. The SMILES string of the molecule is CC1(C)[C@H]2CC[C@@]1(C)C(=N)C2. The maximum absolute atomic E-state index is 7.89. The van der Waals surface area contributed by atoms with Gasteiger partial charge >= 0.3 is 0 Å². The Labute approximate surface area is 68.7 Å². The molecule has 0 aromatic rings. The summed E-state index contributed by atoms with van der Waals surface area (Å²) in [7, 11) is 0. The summed E-state index contributed by atoms with van der Waals surface area (Å²) in [5.41, 5.74) is 1.67. The van der Waals surface area contributed by atoms with E-state index in [9.17, 15) is 0 Å². The zero-order valence-electron chi connectivity index (χ0n) is 7.70. The maximum Gasteiger partial charge on any atom is 0.0156 e. The van der Waals surface area contributed by atoms with Gasteiger partial charge in [0, 0.05) is 11.1 Å². The summed E-state index contributed by atoms with van der Waals surface area (Å²) in [5, 5.41) is 7.89. The van der Waals surface area contributed by atoms with E-state index in [0.717, 1.165) is 18.1 Å². The molecule has 0 radical (unpaired) electrons. The van der Waals surface area contributed by atoms with Crippen LogP contribution in [0.3, 0.4) is 0 Å². The zero-order chi connectivity index (χ0) is 8.28. The quantitative estimate of drug-likeness (QED) is 0.550. The fraction of sp³-hybridized carbons (Fsp3) is 0.900. The van der Waals surface area contributed by atoms with Crippen molar-refractivity contribution in [3.63, 3.8) is 0 Å². The molecule has 2 aliphatic carbocycles. The molecule has 0 heterocycles. The molecule has 2 rings (SSSR count). The Bertz CT molecular complexity index is 217. The van der Waals surface area contributed by atoms with Gasteiger partial charge in [-0.05, 0) is 30.6 Å². The van der Waals surface area contributed by atoms with Gasteiger partial charge in [-0.2, -0.15) is 0 Å². The fourth-order valence-corrected chi connectivity index (χ4v) is 2.97. The molecule has 0 aromatic carbocycles. The van der Waals surface area contributed by atoms with E-state index in [1.54, 1.807) is 0 Å². The van der Waals surface area contributed by atoms with E-state index >= 15 is 0 Å². The first-order chi connectivity index (χ1) is 4.98. The second-order valence-electron chi connectivity index (χ2n) is 4.97. The standard InChI is InChI=1S/C10H17N/c1-9(2)7-4-5-10(9,3)8(11)6-7/h7,11H,4-6H2,1-3H3/t7-,10-/m0/s1. The Morgan fingerprint density at radius 2 is 2.00 bits per heavy atom. The van der Waals surface area contributed by atoms with Gasteiger partial charge in [-0.25, -0.2) is 0 Å². The minimum Gasteiger partial charge on any atom is -0.309 e. The average molecular weight is 151 g/mol. The Kier molecular flexibility index (Phi) is 1.13. The summed E-state index contributed by atoms with van der Waals surface area (Å²) in [4.78, 5) is 0. The molecule has 62 valence electrons. The molecule has 2 atom stereocenters. The van der Waals surface area contributed by atoms with Crippen molar-refractivity contribution in [2.24, 2.45) is 16.7 Å². The van der Waals surface area contributed by atoms with Crippen LogP contribution in [0.1, 0.15) is 40.0 Å². The van der Waals surface area contributed by atoms with Crippen LogP contribution in [0.4, 0.5) is 0 Å². The third-order valence-electron chi connectivity index (χ3n) is 4.55. The van der Waals surface area contributed by atoms with Gasteiger partial charge in [0.15, 0.2) is 0 Å². The van der Waals surface area contributed by atoms with Gasteiger partial charge in [0.2, 0.25) is 0 Å². The lowest BCUT2D eigenvalue weighted by molar-refractivity contribution is 0.193. The summed E-state index contributed by atoms with van der Waals surface area (Å²) >= 11 is 0. The molecule has 0 spiro atoms. The monoisotopic (exact) mass is 151 g/mol. The van der Waals surface area contributed by atoms with E-state index < -0.39 is 0 Å². The fourth-order valence-electron chi connectivity index (χ4n) is 2.97. The molecule has 2 saturated carbocycles. The number of fused-ring (bicyclic) bond motifs is 2. The lowest BCUT2D eigenvalue weighted by atomic mass is 9.70. The van der Waals surface area contributed by atoms with Crippen LogP contribution in [0.15, 0.2) is 0 Å². The normalized spacial score (nSPS) is 46.8. The smallest absolute Gasteiger partial charge is 0.0156 e. The Hall–Kier alpha value is -0.330. The first-order valence-electron chi connectivity index (χ1n) is 4.56. The lowest BCUT2D eigenvalue weighted by Crippen LogP contribution is -2.31. The highest BCUT2D eigenvalue weighted by Crippen LogP contribution is 2.63.